The number of piperazine rings is 1. The number of aromatic nitrogens is 3. The lowest BCUT2D eigenvalue weighted by Crippen LogP contribution is -2.47. The van der Waals surface area contributed by atoms with Crippen LogP contribution in [0.2, 0.25) is 0 Å². The lowest BCUT2D eigenvalue weighted by Gasteiger charge is -2.36. The lowest BCUT2D eigenvalue weighted by molar-refractivity contribution is -0.140. The van der Waals surface area contributed by atoms with Gasteiger partial charge in [0.1, 0.15) is 24.4 Å². The Balaban J connectivity index is 1.13. The van der Waals surface area contributed by atoms with Crippen molar-refractivity contribution in [1.82, 2.24) is 19.4 Å². The van der Waals surface area contributed by atoms with E-state index in [0.29, 0.717) is 11.2 Å². The molecule has 0 unspecified atom stereocenters. The van der Waals surface area contributed by atoms with Gasteiger partial charge in [0.15, 0.2) is 5.69 Å². The maximum Gasteiger partial charge on any atom is 0.433 e. The van der Waals surface area contributed by atoms with E-state index in [1.165, 1.54) is 6.07 Å². The lowest BCUT2D eigenvalue weighted by atomic mass is 10.1. The Morgan fingerprint density at radius 2 is 1.76 bits per heavy atom. The van der Waals surface area contributed by atoms with Crippen LogP contribution in [0.4, 0.5) is 18.9 Å². The minimum atomic E-state index is -4.47. The molecule has 2 N–H and O–H groups in total. The van der Waals surface area contributed by atoms with Crippen LogP contribution in [0.25, 0.3) is 16.6 Å². The fourth-order valence-corrected chi connectivity index (χ4v) is 5.25. The van der Waals surface area contributed by atoms with Gasteiger partial charge in [0, 0.05) is 43.8 Å². The number of ether oxygens (including phenoxy) is 1. The molecule has 0 radical (unpaired) electrons. The van der Waals surface area contributed by atoms with Crippen LogP contribution in [-0.4, -0.2) is 58.1 Å². The Bertz CT molecular complexity index is 1530. The molecule has 2 aromatic heterocycles. The van der Waals surface area contributed by atoms with Gasteiger partial charge in [-0.1, -0.05) is 18.2 Å². The van der Waals surface area contributed by atoms with Crippen LogP contribution in [0.1, 0.15) is 27.4 Å². The fourth-order valence-electron chi connectivity index (χ4n) is 5.25. The van der Waals surface area contributed by atoms with Gasteiger partial charge in [-0.05, 0) is 42.3 Å². The summed E-state index contributed by atoms with van der Waals surface area (Å²) < 4.78 is 47.2. The largest absolute Gasteiger partial charge is 0.485 e. The zero-order chi connectivity index (χ0) is 26.4. The molecular weight excluding hydrogens is 497 g/mol. The Kier molecular flexibility index (Phi) is 5.94. The second-order valence-electron chi connectivity index (χ2n) is 9.44. The van der Waals surface area contributed by atoms with Gasteiger partial charge in [0.25, 0.3) is 5.91 Å². The summed E-state index contributed by atoms with van der Waals surface area (Å²) in [6.45, 7) is 4.24. The standard InChI is InChI=1S/C27H25F3N6O2/c28-27(29,30)23-8-7-18-19(33-23)4-2-5-20(18)35-13-11-34(12-14-35)10-9-17-3-1-6-21-25(17)38-15-22-24(26(31)37)32-16-36(21)22/h1-8,16H,9-15H2,(H2,31,37). The van der Waals surface area contributed by atoms with Crippen molar-refractivity contribution in [3.8, 4) is 11.4 Å². The van der Waals surface area contributed by atoms with Crippen molar-refractivity contribution < 1.29 is 22.7 Å². The van der Waals surface area contributed by atoms with Gasteiger partial charge in [-0.25, -0.2) is 9.97 Å². The van der Waals surface area contributed by atoms with Gasteiger partial charge < -0.3 is 15.4 Å². The molecule has 1 saturated heterocycles. The van der Waals surface area contributed by atoms with E-state index in [2.05, 4.69) is 19.8 Å². The second kappa shape index (κ2) is 9.32. The Hall–Kier alpha value is -4.12. The molecule has 0 spiro atoms. The Morgan fingerprint density at radius 1 is 1.00 bits per heavy atom. The number of hydrogen-bond donors (Lipinski definition) is 1. The predicted octanol–water partition coefficient (Wildman–Crippen LogP) is 3.80. The third-order valence-corrected chi connectivity index (χ3v) is 7.20. The maximum atomic E-state index is 13.1. The van der Waals surface area contributed by atoms with Gasteiger partial charge in [-0.2, -0.15) is 13.2 Å². The summed E-state index contributed by atoms with van der Waals surface area (Å²) in [6.07, 6.45) is -2.08. The second-order valence-corrected chi connectivity index (χ2v) is 9.44. The molecule has 2 aliphatic rings. The van der Waals surface area contributed by atoms with E-state index in [1.54, 1.807) is 18.5 Å². The first-order valence-corrected chi connectivity index (χ1v) is 12.3. The summed E-state index contributed by atoms with van der Waals surface area (Å²) in [5, 5.41) is 0.723. The minimum absolute atomic E-state index is 0.224. The number of para-hydroxylation sites is 1. The summed E-state index contributed by atoms with van der Waals surface area (Å²) in [4.78, 5) is 24.2. The number of primary amides is 1. The highest BCUT2D eigenvalue weighted by Crippen LogP contribution is 2.35. The number of nitrogens with zero attached hydrogens (tertiary/aromatic N) is 5. The van der Waals surface area contributed by atoms with Gasteiger partial charge in [-0.15, -0.1) is 0 Å². The van der Waals surface area contributed by atoms with Crippen molar-refractivity contribution in [3.05, 3.63) is 77.5 Å². The van der Waals surface area contributed by atoms with Crippen LogP contribution in [0.3, 0.4) is 0 Å². The maximum absolute atomic E-state index is 13.1. The van der Waals surface area contributed by atoms with Crippen molar-refractivity contribution in [1.29, 1.82) is 0 Å². The average molecular weight is 523 g/mol. The normalized spacial score (nSPS) is 15.7. The molecule has 2 aromatic carbocycles. The summed E-state index contributed by atoms with van der Waals surface area (Å²) in [5.74, 6) is 0.209. The highest BCUT2D eigenvalue weighted by atomic mass is 19.4. The monoisotopic (exact) mass is 522 g/mol. The minimum Gasteiger partial charge on any atom is -0.485 e. The van der Waals surface area contributed by atoms with Crippen molar-refractivity contribution in [2.45, 2.75) is 19.2 Å². The third-order valence-electron chi connectivity index (χ3n) is 7.20. The van der Waals surface area contributed by atoms with Crippen LogP contribution in [0.15, 0.2) is 54.9 Å². The molecule has 196 valence electrons. The number of fused-ring (bicyclic) bond motifs is 4. The van der Waals surface area contributed by atoms with Crippen LogP contribution in [0, 0.1) is 0 Å². The number of alkyl halides is 3. The zero-order valence-electron chi connectivity index (χ0n) is 20.4. The van der Waals surface area contributed by atoms with Crippen molar-refractivity contribution in [3.63, 3.8) is 0 Å². The molecule has 0 atom stereocenters. The molecule has 6 rings (SSSR count). The number of imidazole rings is 1. The van der Waals surface area contributed by atoms with E-state index in [0.717, 1.165) is 73.3 Å². The van der Waals surface area contributed by atoms with Crippen LogP contribution >= 0.6 is 0 Å². The number of amides is 1. The molecule has 1 fully saturated rings. The highest BCUT2D eigenvalue weighted by molar-refractivity contribution is 5.92. The van der Waals surface area contributed by atoms with E-state index < -0.39 is 17.8 Å². The first-order chi connectivity index (χ1) is 18.3. The predicted molar refractivity (Wildman–Crippen MR) is 136 cm³/mol. The van der Waals surface area contributed by atoms with E-state index in [-0.39, 0.29) is 12.3 Å². The SMILES string of the molecule is NC(=O)c1ncn2c1COc1c(CCN3CCN(c4cccc5nc(C(F)(F)F)ccc45)CC3)cccc1-2. The zero-order valence-corrected chi connectivity index (χ0v) is 20.4. The van der Waals surface area contributed by atoms with Gasteiger partial charge in [-0.3, -0.25) is 14.3 Å². The first-order valence-electron chi connectivity index (χ1n) is 12.3. The van der Waals surface area contributed by atoms with E-state index in [1.807, 2.05) is 28.8 Å². The van der Waals surface area contributed by atoms with E-state index >= 15 is 0 Å². The summed E-state index contributed by atoms with van der Waals surface area (Å²) in [6, 6.07) is 13.8. The topological polar surface area (TPSA) is 89.5 Å². The van der Waals surface area contributed by atoms with Crippen LogP contribution < -0.4 is 15.4 Å². The van der Waals surface area contributed by atoms with Crippen LogP contribution in [0.5, 0.6) is 5.75 Å². The average Bonchev–Trinajstić information content (AvgIpc) is 3.36. The Morgan fingerprint density at radius 3 is 2.53 bits per heavy atom. The molecule has 8 nitrogen and oxygen atoms in total. The molecule has 1 amide bonds. The first kappa shape index (κ1) is 24.2. The quantitative estimate of drug-likeness (QED) is 0.429. The number of nitrogens with two attached hydrogens (primary N) is 1. The molecular formula is C27H25F3N6O2. The van der Waals surface area contributed by atoms with Crippen LogP contribution in [-0.2, 0) is 19.2 Å². The molecule has 0 aliphatic carbocycles. The number of rotatable bonds is 5. The number of hydrogen-bond acceptors (Lipinski definition) is 6. The number of carbonyl (C=O) groups is 1. The van der Waals surface area contributed by atoms with E-state index in [9.17, 15) is 18.0 Å². The van der Waals surface area contributed by atoms with Gasteiger partial charge >= 0.3 is 6.18 Å². The summed E-state index contributed by atoms with van der Waals surface area (Å²) in [5.41, 5.74) is 8.59. The smallest absolute Gasteiger partial charge is 0.433 e. The molecule has 4 aromatic rings. The fraction of sp³-hybridized carbons (Fsp3) is 0.296. The summed E-state index contributed by atoms with van der Waals surface area (Å²) in [7, 11) is 0. The number of carbonyl (C=O) groups excluding carboxylic acids is 1. The summed E-state index contributed by atoms with van der Waals surface area (Å²) >= 11 is 0. The number of halogens is 3. The van der Waals surface area contributed by atoms with Crippen molar-refractivity contribution >= 4 is 22.5 Å². The molecule has 2 aliphatic heterocycles. The number of anilines is 1. The molecule has 11 heteroatoms. The number of pyridine rings is 1. The molecule has 4 heterocycles. The van der Waals surface area contributed by atoms with Crippen molar-refractivity contribution in [2.75, 3.05) is 37.6 Å². The Labute approximate surface area is 216 Å². The highest BCUT2D eigenvalue weighted by Gasteiger charge is 2.33. The van der Waals surface area contributed by atoms with Crippen molar-refractivity contribution in [2.24, 2.45) is 5.73 Å². The van der Waals surface area contributed by atoms with Gasteiger partial charge in [0.05, 0.1) is 16.9 Å². The number of benzene rings is 2. The van der Waals surface area contributed by atoms with Gasteiger partial charge in [0.2, 0.25) is 0 Å². The molecule has 0 saturated carbocycles. The van der Waals surface area contributed by atoms with E-state index in [4.69, 9.17) is 10.5 Å². The molecule has 38 heavy (non-hydrogen) atoms. The third kappa shape index (κ3) is 4.32. The molecule has 0 bridgehead atoms.